The first-order chi connectivity index (χ1) is 14.0. The van der Waals surface area contributed by atoms with Crippen LogP contribution >= 0.6 is 23.2 Å². The molecule has 0 N–H and O–H groups in total. The predicted molar refractivity (Wildman–Crippen MR) is 114 cm³/mol. The van der Waals surface area contributed by atoms with Gasteiger partial charge in [-0.05, 0) is 29.8 Å². The van der Waals surface area contributed by atoms with Crippen molar-refractivity contribution in [3.05, 3.63) is 51.5 Å². The second-order valence-electron chi connectivity index (χ2n) is 6.70. The molecule has 0 unspecified atom stereocenters. The maximum absolute atomic E-state index is 13.1. The fraction of sp³-hybridized carbons (Fsp3) is 0.381. The number of rotatable bonds is 6. The summed E-state index contributed by atoms with van der Waals surface area (Å²) in [5.74, 6) is 1.23. The van der Waals surface area contributed by atoms with Crippen LogP contribution in [0, 0.1) is 0 Å². The standard InChI is InChI=1S/C21H24Cl2N2O4/c1-27-18-7-5-15(19(28-2)20(18)29-3)21(26)25-10-8-24(9-11-25)13-14-4-6-16(22)17(23)12-14/h4-7,12H,8-11,13H2,1-3H3. The monoisotopic (exact) mass is 438 g/mol. The number of hydrogen-bond donors (Lipinski definition) is 0. The molecule has 2 aromatic rings. The van der Waals surface area contributed by atoms with Crippen LogP contribution in [0.5, 0.6) is 17.2 Å². The molecule has 0 spiro atoms. The zero-order valence-electron chi connectivity index (χ0n) is 16.7. The topological polar surface area (TPSA) is 51.2 Å². The Kier molecular flexibility index (Phi) is 7.11. The predicted octanol–water partition coefficient (Wildman–Crippen LogP) is 3.98. The average Bonchev–Trinajstić information content (AvgIpc) is 2.75. The van der Waals surface area contributed by atoms with Crippen molar-refractivity contribution in [3.63, 3.8) is 0 Å². The summed E-state index contributed by atoms with van der Waals surface area (Å²) >= 11 is 12.1. The molecule has 1 amide bonds. The summed E-state index contributed by atoms with van der Waals surface area (Å²) in [6.45, 7) is 3.54. The van der Waals surface area contributed by atoms with E-state index in [1.807, 2.05) is 23.1 Å². The van der Waals surface area contributed by atoms with Crippen LogP contribution in [0.1, 0.15) is 15.9 Å². The van der Waals surface area contributed by atoms with Crippen molar-refractivity contribution in [1.29, 1.82) is 0 Å². The molecule has 156 valence electrons. The highest BCUT2D eigenvalue weighted by Gasteiger charge is 2.27. The molecule has 0 atom stereocenters. The van der Waals surface area contributed by atoms with E-state index in [2.05, 4.69) is 4.90 Å². The van der Waals surface area contributed by atoms with E-state index < -0.39 is 0 Å². The second kappa shape index (κ2) is 9.57. The van der Waals surface area contributed by atoms with Gasteiger partial charge in [0.15, 0.2) is 11.5 Å². The molecule has 0 aliphatic carbocycles. The Labute approximate surface area is 180 Å². The Balaban J connectivity index is 1.68. The van der Waals surface area contributed by atoms with E-state index in [-0.39, 0.29) is 5.91 Å². The Morgan fingerprint density at radius 2 is 1.59 bits per heavy atom. The van der Waals surface area contributed by atoms with Gasteiger partial charge >= 0.3 is 0 Å². The first kappa shape index (κ1) is 21.6. The number of nitrogens with zero attached hydrogens (tertiary/aromatic N) is 2. The van der Waals surface area contributed by atoms with E-state index in [0.717, 1.165) is 25.2 Å². The summed E-state index contributed by atoms with van der Waals surface area (Å²) in [6, 6.07) is 9.10. The quantitative estimate of drug-likeness (QED) is 0.682. The molecule has 1 saturated heterocycles. The fourth-order valence-corrected chi connectivity index (χ4v) is 3.77. The maximum atomic E-state index is 13.1. The average molecular weight is 439 g/mol. The molecule has 1 aliphatic heterocycles. The highest BCUT2D eigenvalue weighted by molar-refractivity contribution is 6.42. The Hall–Kier alpha value is -2.15. The number of piperazine rings is 1. The van der Waals surface area contributed by atoms with Crippen molar-refractivity contribution < 1.29 is 19.0 Å². The number of carbonyl (C=O) groups is 1. The summed E-state index contributed by atoms with van der Waals surface area (Å²) in [7, 11) is 4.59. The molecule has 1 aliphatic rings. The maximum Gasteiger partial charge on any atom is 0.257 e. The molecule has 2 aromatic carbocycles. The second-order valence-corrected chi connectivity index (χ2v) is 7.51. The third-order valence-corrected chi connectivity index (χ3v) is 5.72. The van der Waals surface area contributed by atoms with Crippen LogP contribution in [-0.4, -0.2) is 63.2 Å². The van der Waals surface area contributed by atoms with Crippen molar-refractivity contribution in [2.24, 2.45) is 0 Å². The van der Waals surface area contributed by atoms with Gasteiger partial charge in [0, 0.05) is 32.7 Å². The summed E-state index contributed by atoms with van der Waals surface area (Å²) in [6.07, 6.45) is 0. The number of halogens is 2. The van der Waals surface area contributed by atoms with Crippen LogP contribution in [0.2, 0.25) is 10.0 Å². The fourth-order valence-electron chi connectivity index (χ4n) is 3.45. The molecule has 0 aromatic heterocycles. The Morgan fingerprint density at radius 3 is 2.17 bits per heavy atom. The molecule has 0 radical (unpaired) electrons. The highest BCUT2D eigenvalue weighted by Crippen LogP contribution is 2.40. The molecule has 8 heteroatoms. The van der Waals surface area contributed by atoms with Crippen LogP contribution in [0.4, 0.5) is 0 Å². The van der Waals surface area contributed by atoms with Gasteiger partial charge in [0.25, 0.3) is 5.91 Å². The van der Waals surface area contributed by atoms with Crippen molar-refractivity contribution in [2.75, 3.05) is 47.5 Å². The Morgan fingerprint density at radius 1 is 0.897 bits per heavy atom. The highest BCUT2D eigenvalue weighted by atomic mass is 35.5. The van der Waals surface area contributed by atoms with Gasteiger partial charge in [0.05, 0.1) is 36.9 Å². The molecule has 29 heavy (non-hydrogen) atoms. The van der Waals surface area contributed by atoms with E-state index in [1.165, 1.54) is 14.2 Å². The number of methoxy groups -OCH3 is 3. The number of benzene rings is 2. The molecule has 0 bridgehead atoms. The SMILES string of the molecule is COc1ccc(C(=O)N2CCN(Cc3ccc(Cl)c(Cl)c3)CC2)c(OC)c1OC. The lowest BCUT2D eigenvalue weighted by molar-refractivity contribution is 0.0624. The summed E-state index contributed by atoms with van der Waals surface area (Å²) in [5.41, 5.74) is 1.56. The van der Waals surface area contributed by atoms with Gasteiger partial charge in [0.2, 0.25) is 5.75 Å². The van der Waals surface area contributed by atoms with Gasteiger partial charge in [-0.1, -0.05) is 29.3 Å². The first-order valence-corrected chi connectivity index (χ1v) is 9.98. The molecule has 1 heterocycles. The van der Waals surface area contributed by atoms with Gasteiger partial charge in [-0.15, -0.1) is 0 Å². The zero-order valence-corrected chi connectivity index (χ0v) is 18.2. The van der Waals surface area contributed by atoms with E-state index >= 15 is 0 Å². The lowest BCUT2D eigenvalue weighted by Crippen LogP contribution is -2.48. The van der Waals surface area contributed by atoms with E-state index in [1.54, 1.807) is 19.2 Å². The third-order valence-electron chi connectivity index (χ3n) is 4.98. The third kappa shape index (κ3) is 4.71. The zero-order chi connectivity index (χ0) is 21.0. The van der Waals surface area contributed by atoms with Crippen LogP contribution in [0.3, 0.4) is 0 Å². The minimum atomic E-state index is -0.0861. The lowest BCUT2D eigenvalue weighted by Gasteiger charge is -2.35. The van der Waals surface area contributed by atoms with E-state index in [0.29, 0.717) is 45.9 Å². The molecular formula is C21H24Cl2N2O4. The van der Waals surface area contributed by atoms with Crippen molar-refractivity contribution in [1.82, 2.24) is 9.80 Å². The summed E-state index contributed by atoms with van der Waals surface area (Å²) < 4.78 is 16.1. The number of carbonyl (C=O) groups excluding carboxylic acids is 1. The van der Waals surface area contributed by atoms with Crippen molar-refractivity contribution in [3.8, 4) is 17.2 Å². The van der Waals surface area contributed by atoms with E-state index in [4.69, 9.17) is 37.4 Å². The number of ether oxygens (including phenoxy) is 3. The van der Waals surface area contributed by atoms with Crippen LogP contribution in [0.25, 0.3) is 0 Å². The normalized spacial score (nSPS) is 14.6. The largest absolute Gasteiger partial charge is 0.493 e. The molecule has 3 rings (SSSR count). The van der Waals surface area contributed by atoms with Crippen molar-refractivity contribution in [2.45, 2.75) is 6.54 Å². The van der Waals surface area contributed by atoms with Crippen LogP contribution in [-0.2, 0) is 6.54 Å². The van der Waals surface area contributed by atoms with Crippen LogP contribution < -0.4 is 14.2 Å². The molecule has 0 saturated carbocycles. The van der Waals surface area contributed by atoms with Crippen LogP contribution in [0.15, 0.2) is 30.3 Å². The number of hydrogen-bond acceptors (Lipinski definition) is 5. The summed E-state index contributed by atoms with van der Waals surface area (Å²) in [5, 5.41) is 1.10. The number of amides is 1. The lowest BCUT2D eigenvalue weighted by atomic mass is 10.1. The van der Waals surface area contributed by atoms with E-state index in [9.17, 15) is 4.79 Å². The summed E-state index contributed by atoms with van der Waals surface area (Å²) in [4.78, 5) is 17.2. The van der Waals surface area contributed by atoms with Gasteiger partial charge in [-0.25, -0.2) is 0 Å². The smallest absolute Gasteiger partial charge is 0.257 e. The Bertz CT molecular complexity index is 883. The van der Waals surface area contributed by atoms with Gasteiger partial charge in [-0.2, -0.15) is 0 Å². The molecule has 1 fully saturated rings. The van der Waals surface area contributed by atoms with Gasteiger partial charge in [0.1, 0.15) is 0 Å². The molecular weight excluding hydrogens is 415 g/mol. The first-order valence-electron chi connectivity index (χ1n) is 9.23. The van der Waals surface area contributed by atoms with Gasteiger partial charge < -0.3 is 19.1 Å². The minimum Gasteiger partial charge on any atom is -0.493 e. The molecule has 6 nitrogen and oxygen atoms in total. The van der Waals surface area contributed by atoms with Gasteiger partial charge in [-0.3, -0.25) is 9.69 Å². The minimum absolute atomic E-state index is 0.0861. The van der Waals surface area contributed by atoms with Crippen molar-refractivity contribution >= 4 is 29.1 Å².